The van der Waals surface area contributed by atoms with Gasteiger partial charge in [-0.15, -0.1) is 0 Å². The van der Waals surface area contributed by atoms with Gasteiger partial charge in [0.15, 0.2) is 0 Å². The number of halogens is 1. The van der Waals surface area contributed by atoms with E-state index >= 15 is 0 Å². The van der Waals surface area contributed by atoms with Gasteiger partial charge in [-0.25, -0.2) is 8.42 Å². The topological polar surface area (TPSA) is 79.4 Å². The summed E-state index contributed by atoms with van der Waals surface area (Å²) in [6, 6.07) is 10.3. The minimum absolute atomic E-state index is 0.0687. The van der Waals surface area contributed by atoms with Crippen LogP contribution in [-0.2, 0) is 14.8 Å². The Bertz CT molecular complexity index is 897. The van der Waals surface area contributed by atoms with E-state index in [9.17, 15) is 13.2 Å². The Morgan fingerprint density at radius 3 is 2.56 bits per heavy atom. The fourth-order valence-corrected chi connectivity index (χ4v) is 4.98. The highest BCUT2D eigenvalue weighted by Gasteiger charge is 2.32. The lowest BCUT2D eigenvalue weighted by Gasteiger charge is -2.31. The standard InChI is InChI=1S/C19H22ClN3O3S/c1-14(17-6-2-3-7-18(17)20)22-19(24)15-8-11-23(12-9-15)27(25,26)16-5-4-10-21-13-16/h2-7,10,13-15H,8-9,11-12H2,1H3,(H,22,24). The van der Waals surface area contributed by atoms with E-state index in [-0.39, 0.29) is 22.8 Å². The van der Waals surface area contributed by atoms with Gasteiger partial charge in [0, 0.05) is 36.4 Å². The monoisotopic (exact) mass is 407 g/mol. The first-order chi connectivity index (χ1) is 12.9. The predicted molar refractivity (Wildman–Crippen MR) is 104 cm³/mol. The molecule has 1 atom stereocenters. The van der Waals surface area contributed by atoms with Crippen molar-refractivity contribution in [1.29, 1.82) is 0 Å². The van der Waals surface area contributed by atoms with Crippen molar-refractivity contribution in [3.8, 4) is 0 Å². The molecule has 1 N–H and O–H groups in total. The van der Waals surface area contributed by atoms with E-state index in [1.165, 1.54) is 22.8 Å². The third-order valence-electron chi connectivity index (χ3n) is 4.83. The lowest BCUT2D eigenvalue weighted by atomic mass is 9.96. The molecule has 1 unspecified atom stereocenters. The highest BCUT2D eigenvalue weighted by molar-refractivity contribution is 7.89. The Hall–Kier alpha value is -1.96. The van der Waals surface area contributed by atoms with Gasteiger partial charge in [-0.05, 0) is 43.5 Å². The van der Waals surface area contributed by atoms with Gasteiger partial charge >= 0.3 is 0 Å². The molecule has 1 fully saturated rings. The first kappa shape index (κ1) is 19.8. The van der Waals surface area contributed by atoms with E-state index in [1.807, 2.05) is 25.1 Å². The van der Waals surface area contributed by atoms with Crippen molar-refractivity contribution in [2.75, 3.05) is 13.1 Å². The molecule has 1 amide bonds. The number of pyridine rings is 1. The number of hydrogen-bond donors (Lipinski definition) is 1. The van der Waals surface area contributed by atoms with E-state index in [4.69, 9.17) is 11.6 Å². The quantitative estimate of drug-likeness (QED) is 0.826. The predicted octanol–water partition coefficient (Wildman–Crippen LogP) is 3.01. The number of nitrogens with zero attached hydrogens (tertiary/aromatic N) is 2. The van der Waals surface area contributed by atoms with Crippen molar-refractivity contribution >= 4 is 27.5 Å². The molecule has 2 heterocycles. The van der Waals surface area contributed by atoms with E-state index in [1.54, 1.807) is 12.1 Å². The number of nitrogens with one attached hydrogen (secondary N) is 1. The van der Waals surface area contributed by atoms with Crippen LogP contribution >= 0.6 is 11.6 Å². The van der Waals surface area contributed by atoms with Crippen molar-refractivity contribution in [2.24, 2.45) is 5.92 Å². The van der Waals surface area contributed by atoms with Gasteiger partial charge in [0.2, 0.25) is 15.9 Å². The number of piperidine rings is 1. The summed E-state index contributed by atoms with van der Waals surface area (Å²) in [6.07, 6.45) is 3.86. The lowest BCUT2D eigenvalue weighted by Crippen LogP contribution is -2.43. The molecule has 1 aliphatic heterocycles. The SMILES string of the molecule is CC(NC(=O)C1CCN(S(=O)(=O)c2cccnc2)CC1)c1ccccc1Cl. The maximum atomic E-state index is 12.6. The summed E-state index contributed by atoms with van der Waals surface area (Å²) < 4.78 is 26.7. The van der Waals surface area contributed by atoms with Crippen LogP contribution in [0.2, 0.25) is 5.02 Å². The van der Waals surface area contributed by atoms with Crippen molar-refractivity contribution in [1.82, 2.24) is 14.6 Å². The minimum Gasteiger partial charge on any atom is -0.349 e. The van der Waals surface area contributed by atoms with Gasteiger partial charge in [0.05, 0.1) is 6.04 Å². The summed E-state index contributed by atoms with van der Waals surface area (Å²) in [7, 11) is -3.56. The van der Waals surface area contributed by atoms with Crippen LogP contribution in [0.15, 0.2) is 53.7 Å². The molecular formula is C19H22ClN3O3S. The van der Waals surface area contributed by atoms with E-state index < -0.39 is 10.0 Å². The zero-order chi connectivity index (χ0) is 19.4. The third kappa shape index (κ3) is 4.48. The second-order valence-electron chi connectivity index (χ2n) is 6.62. The molecule has 0 radical (unpaired) electrons. The second kappa shape index (κ2) is 8.37. The largest absolute Gasteiger partial charge is 0.349 e. The van der Waals surface area contributed by atoms with E-state index in [2.05, 4.69) is 10.3 Å². The molecule has 1 saturated heterocycles. The molecule has 0 spiro atoms. The van der Waals surface area contributed by atoms with Gasteiger partial charge in [-0.3, -0.25) is 9.78 Å². The van der Waals surface area contributed by atoms with E-state index in [0.29, 0.717) is 31.0 Å². The molecule has 1 aliphatic rings. The van der Waals surface area contributed by atoms with Gasteiger partial charge in [-0.2, -0.15) is 4.31 Å². The average Bonchev–Trinajstić information content (AvgIpc) is 2.69. The molecule has 0 bridgehead atoms. The number of carbonyl (C=O) groups excluding carboxylic acids is 1. The van der Waals surface area contributed by atoms with Crippen LogP contribution in [0.3, 0.4) is 0 Å². The van der Waals surface area contributed by atoms with Crippen molar-refractivity contribution < 1.29 is 13.2 Å². The van der Waals surface area contributed by atoms with Crippen molar-refractivity contribution in [3.05, 3.63) is 59.4 Å². The van der Waals surface area contributed by atoms with E-state index in [0.717, 1.165) is 5.56 Å². The van der Waals surface area contributed by atoms with Crippen LogP contribution < -0.4 is 5.32 Å². The summed E-state index contributed by atoms with van der Waals surface area (Å²) in [6.45, 7) is 2.52. The number of rotatable bonds is 5. The zero-order valence-corrected chi connectivity index (χ0v) is 16.6. The van der Waals surface area contributed by atoms with Gasteiger partial charge in [0.25, 0.3) is 0 Å². The van der Waals surface area contributed by atoms with Gasteiger partial charge in [-0.1, -0.05) is 29.8 Å². The summed E-state index contributed by atoms with van der Waals surface area (Å²) in [4.78, 5) is 16.6. The Labute approximate surface area is 164 Å². The highest BCUT2D eigenvalue weighted by atomic mass is 35.5. The molecule has 27 heavy (non-hydrogen) atoms. The second-order valence-corrected chi connectivity index (χ2v) is 8.96. The highest BCUT2D eigenvalue weighted by Crippen LogP contribution is 2.26. The van der Waals surface area contributed by atoms with Gasteiger partial charge in [0.1, 0.15) is 4.90 Å². The molecule has 6 nitrogen and oxygen atoms in total. The van der Waals surface area contributed by atoms with Crippen LogP contribution in [0.5, 0.6) is 0 Å². The van der Waals surface area contributed by atoms with Gasteiger partial charge < -0.3 is 5.32 Å². The number of benzene rings is 1. The van der Waals surface area contributed by atoms with Crippen molar-refractivity contribution in [2.45, 2.75) is 30.7 Å². The van der Waals surface area contributed by atoms with Crippen LogP contribution in [0.25, 0.3) is 0 Å². The number of aromatic nitrogens is 1. The van der Waals surface area contributed by atoms with Crippen LogP contribution in [0, 0.1) is 5.92 Å². The maximum Gasteiger partial charge on any atom is 0.244 e. The molecule has 1 aromatic heterocycles. The number of amides is 1. The Kier molecular flexibility index (Phi) is 6.14. The average molecular weight is 408 g/mol. The number of sulfonamides is 1. The van der Waals surface area contributed by atoms with Crippen LogP contribution in [0.4, 0.5) is 0 Å². The Morgan fingerprint density at radius 1 is 1.22 bits per heavy atom. The Balaban J connectivity index is 1.59. The van der Waals surface area contributed by atoms with Crippen molar-refractivity contribution in [3.63, 3.8) is 0 Å². The summed E-state index contributed by atoms with van der Waals surface area (Å²) in [5.74, 6) is -0.281. The summed E-state index contributed by atoms with van der Waals surface area (Å²) in [5.41, 5.74) is 0.865. The summed E-state index contributed by atoms with van der Waals surface area (Å²) >= 11 is 6.19. The smallest absolute Gasteiger partial charge is 0.244 e. The normalized spacial score (nSPS) is 17.4. The molecule has 3 rings (SSSR count). The van der Waals surface area contributed by atoms with Crippen LogP contribution in [-0.4, -0.2) is 36.7 Å². The zero-order valence-electron chi connectivity index (χ0n) is 15.0. The maximum absolute atomic E-state index is 12.6. The molecular weight excluding hydrogens is 386 g/mol. The Morgan fingerprint density at radius 2 is 1.93 bits per heavy atom. The molecule has 0 saturated carbocycles. The fraction of sp³-hybridized carbons (Fsp3) is 0.368. The number of hydrogen-bond acceptors (Lipinski definition) is 4. The molecule has 144 valence electrons. The molecule has 8 heteroatoms. The molecule has 2 aromatic rings. The first-order valence-electron chi connectivity index (χ1n) is 8.84. The minimum atomic E-state index is -3.56. The molecule has 1 aromatic carbocycles. The third-order valence-corrected chi connectivity index (χ3v) is 7.05. The number of carbonyl (C=O) groups is 1. The fourth-order valence-electron chi connectivity index (χ4n) is 3.24. The summed E-state index contributed by atoms with van der Waals surface area (Å²) in [5, 5.41) is 3.60. The molecule has 0 aliphatic carbocycles. The lowest BCUT2D eigenvalue weighted by molar-refractivity contribution is -0.126. The van der Waals surface area contributed by atoms with Crippen LogP contribution in [0.1, 0.15) is 31.4 Å². The first-order valence-corrected chi connectivity index (χ1v) is 10.7.